The van der Waals surface area contributed by atoms with Crippen LogP contribution in [0, 0.1) is 5.82 Å². The van der Waals surface area contributed by atoms with Crippen LogP contribution in [0.5, 0.6) is 0 Å². The van der Waals surface area contributed by atoms with Gasteiger partial charge in [0.25, 0.3) is 0 Å². The van der Waals surface area contributed by atoms with E-state index in [1.54, 1.807) is 6.92 Å². The molecule has 22 heavy (non-hydrogen) atoms. The molecule has 124 valence electrons. The third-order valence-corrected chi connectivity index (χ3v) is 5.86. The summed E-state index contributed by atoms with van der Waals surface area (Å²) in [7, 11) is -7.23. The predicted molar refractivity (Wildman–Crippen MR) is 84.4 cm³/mol. The molecule has 0 unspecified atom stereocenters. The van der Waals surface area contributed by atoms with Gasteiger partial charge < -0.3 is 0 Å². The molecule has 1 aromatic rings. The average molecular weight is 350 g/mol. The first-order valence-electron chi connectivity index (χ1n) is 6.93. The van der Waals surface area contributed by atoms with Crippen LogP contribution in [-0.2, 0) is 20.0 Å². The van der Waals surface area contributed by atoms with Gasteiger partial charge in [0.05, 0.1) is 23.4 Å². The van der Waals surface area contributed by atoms with Crippen LogP contribution in [0.2, 0.25) is 0 Å². The Hall–Kier alpha value is -1.35. The third-order valence-electron chi connectivity index (χ3n) is 3.17. The van der Waals surface area contributed by atoms with Gasteiger partial charge in [0, 0.05) is 12.1 Å². The fourth-order valence-corrected chi connectivity index (χ4v) is 4.63. The first-order chi connectivity index (χ1) is 10.1. The lowest BCUT2D eigenvalue weighted by Crippen LogP contribution is -2.33. The van der Waals surface area contributed by atoms with Gasteiger partial charge in [-0.2, -0.15) is 0 Å². The SMILES string of the molecule is CCCS(=O)(=O)Nc1cc(F)ccc1N(C1CC1)S(C)(=O)=O. The molecule has 1 fully saturated rings. The van der Waals surface area contributed by atoms with Crippen molar-refractivity contribution in [2.24, 2.45) is 0 Å². The molecule has 2 rings (SSSR count). The first-order valence-corrected chi connectivity index (χ1v) is 10.4. The minimum Gasteiger partial charge on any atom is -0.281 e. The highest BCUT2D eigenvalue weighted by atomic mass is 32.2. The monoisotopic (exact) mass is 350 g/mol. The van der Waals surface area contributed by atoms with Crippen LogP contribution in [0.3, 0.4) is 0 Å². The van der Waals surface area contributed by atoms with E-state index in [9.17, 15) is 21.2 Å². The van der Waals surface area contributed by atoms with Gasteiger partial charge in [-0.05, 0) is 31.4 Å². The molecule has 1 saturated carbocycles. The van der Waals surface area contributed by atoms with Gasteiger partial charge in [0.2, 0.25) is 20.0 Å². The van der Waals surface area contributed by atoms with Crippen LogP contribution in [0.1, 0.15) is 26.2 Å². The van der Waals surface area contributed by atoms with Crippen molar-refractivity contribution >= 4 is 31.4 Å². The second kappa shape index (κ2) is 6.04. The molecule has 0 aromatic heterocycles. The van der Waals surface area contributed by atoms with Crippen LogP contribution in [0.15, 0.2) is 18.2 Å². The van der Waals surface area contributed by atoms with E-state index in [0.29, 0.717) is 19.3 Å². The van der Waals surface area contributed by atoms with Crippen LogP contribution >= 0.6 is 0 Å². The summed E-state index contributed by atoms with van der Waals surface area (Å²) in [6.45, 7) is 1.71. The topological polar surface area (TPSA) is 83.6 Å². The molecule has 1 aromatic carbocycles. The Labute approximate surface area is 130 Å². The van der Waals surface area contributed by atoms with E-state index in [1.165, 1.54) is 6.07 Å². The molecule has 9 heteroatoms. The van der Waals surface area contributed by atoms with Gasteiger partial charge in [-0.1, -0.05) is 6.92 Å². The van der Waals surface area contributed by atoms with Crippen LogP contribution < -0.4 is 9.03 Å². The Kier molecular flexibility index (Phi) is 4.67. The number of benzene rings is 1. The minimum atomic E-state index is -3.65. The fraction of sp³-hybridized carbons (Fsp3) is 0.538. The van der Waals surface area contributed by atoms with E-state index < -0.39 is 25.9 Å². The molecule has 0 aliphatic heterocycles. The third kappa shape index (κ3) is 4.10. The maximum atomic E-state index is 13.5. The molecule has 0 bridgehead atoms. The van der Waals surface area contributed by atoms with Crippen molar-refractivity contribution in [3.05, 3.63) is 24.0 Å². The molecule has 0 radical (unpaired) electrons. The van der Waals surface area contributed by atoms with Gasteiger partial charge in [0.1, 0.15) is 5.82 Å². The highest BCUT2D eigenvalue weighted by Crippen LogP contribution is 2.38. The number of nitrogens with one attached hydrogen (secondary N) is 1. The molecule has 0 spiro atoms. The lowest BCUT2D eigenvalue weighted by Gasteiger charge is -2.25. The van der Waals surface area contributed by atoms with Crippen molar-refractivity contribution in [3.63, 3.8) is 0 Å². The number of hydrogen-bond acceptors (Lipinski definition) is 4. The fourth-order valence-electron chi connectivity index (χ4n) is 2.22. The van der Waals surface area contributed by atoms with Crippen molar-refractivity contribution in [1.82, 2.24) is 0 Å². The standard InChI is InChI=1S/C13H19FN2O4S2/c1-3-8-22(19,20)15-12-9-10(14)4-7-13(12)16(11-5-6-11)21(2,17)18/h4,7,9,11,15H,3,5-6,8H2,1-2H3. The summed E-state index contributed by atoms with van der Waals surface area (Å²) in [4.78, 5) is 0. The number of anilines is 2. The Bertz CT molecular complexity index is 758. The number of hydrogen-bond donors (Lipinski definition) is 1. The van der Waals surface area contributed by atoms with Crippen LogP contribution in [-0.4, -0.2) is 34.9 Å². The molecule has 1 N–H and O–H groups in total. The zero-order valence-electron chi connectivity index (χ0n) is 12.4. The summed E-state index contributed by atoms with van der Waals surface area (Å²) in [5.41, 5.74) is 0.108. The van der Waals surface area contributed by atoms with Crippen molar-refractivity contribution in [3.8, 4) is 0 Å². The first kappa shape index (κ1) is 17.0. The minimum absolute atomic E-state index is 0.0502. The highest BCUT2D eigenvalue weighted by Gasteiger charge is 2.36. The number of nitrogens with zero attached hydrogens (tertiary/aromatic N) is 1. The van der Waals surface area contributed by atoms with Gasteiger partial charge in [-0.15, -0.1) is 0 Å². The average Bonchev–Trinajstić information content (AvgIpc) is 3.14. The Morgan fingerprint density at radius 3 is 2.41 bits per heavy atom. The Morgan fingerprint density at radius 2 is 1.91 bits per heavy atom. The maximum Gasteiger partial charge on any atom is 0.232 e. The highest BCUT2D eigenvalue weighted by molar-refractivity contribution is 7.93. The summed E-state index contributed by atoms with van der Waals surface area (Å²) in [5, 5.41) is 0. The summed E-state index contributed by atoms with van der Waals surface area (Å²) in [5.74, 6) is -0.757. The van der Waals surface area contributed by atoms with E-state index in [0.717, 1.165) is 22.7 Å². The van der Waals surface area contributed by atoms with Crippen LogP contribution in [0.4, 0.5) is 15.8 Å². The zero-order valence-corrected chi connectivity index (χ0v) is 14.0. The zero-order chi connectivity index (χ0) is 16.5. The normalized spacial score (nSPS) is 15.6. The van der Waals surface area contributed by atoms with Gasteiger partial charge in [0.15, 0.2) is 0 Å². The van der Waals surface area contributed by atoms with E-state index in [4.69, 9.17) is 0 Å². The molecule has 0 atom stereocenters. The van der Waals surface area contributed by atoms with Crippen LogP contribution in [0.25, 0.3) is 0 Å². The number of sulfonamides is 2. The summed E-state index contributed by atoms with van der Waals surface area (Å²) in [6.07, 6.45) is 2.86. The number of rotatable bonds is 7. The maximum absolute atomic E-state index is 13.5. The molecular formula is C13H19FN2O4S2. The molecule has 1 aliphatic rings. The van der Waals surface area contributed by atoms with Gasteiger partial charge in [-0.25, -0.2) is 21.2 Å². The van der Waals surface area contributed by atoms with Crippen molar-refractivity contribution in [1.29, 1.82) is 0 Å². The second-order valence-electron chi connectivity index (χ2n) is 5.37. The van der Waals surface area contributed by atoms with Gasteiger partial charge >= 0.3 is 0 Å². The summed E-state index contributed by atoms with van der Waals surface area (Å²) in [6, 6.07) is 3.21. The molecular weight excluding hydrogens is 331 g/mol. The smallest absolute Gasteiger partial charge is 0.232 e. The van der Waals surface area contributed by atoms with Crippen molar-refractivity contribution in [2.75, 3.05) is 21.0 Å². The number of halogens is 1. The largest absolute Gasteiger partial charge is 0.281 e. The molecule has 1 aliphatic carbocycles. The van der Waals surface area contributed by atoms with E-state index in [1.807, 2.05) is 0 Å². The van der Waals surface area contributed by atoms with Crippen molar-refractivity contribution in [2.45, 2.75) is 32.2 Å². The Morgan fingerprint density at radius 1 is 1.27 bits per heavy atom. The summed E-state index contributed by atoms with van der Waals surface area (Å²) >= 11 is 0. The summed E-state index contributed by atoms with van der Waals surface area (Å²) < 4.78 is 64.8. The molecule has 6 nitrogen and oxygen atoms in total. The van der Waals surface area contributed by atoms with E-state index in [-0.39, 0.29) is 23.2 Å². The van der Waals surface area contributed by atoms with E-state index >= 15 is 0 Å². The molecule has 0 amide bonds. The lowest BCUT2D eigenvalue weighted by molar-refractivity contribution is 0.594. The van der Waals surface area contributed by atoms with E-state index in [2.05, 4.69) is 4.72 Å². The van der Waals surface area contributed by atoms with Gasteiger partial charge in [-0.3, -0.25) is 9.03 Å². The lowest BCUT2D eigenvalue weighted by atomic mass is 10.2. The molecule has 0 saturated heterocycles. The van der Waals surface area contributed by atoms with Crippen molar-refractivity contribution < 1.29 is 21.2 Å². The molecule has 0 heterocycles. The predicted octanol–water partition coefficient (Wildman–Crippen LogP) is 1.91. The second-order valence-corrected chi connectivity index (χ2v) is 9.07. The quantitative estimate of drug-likeness (QED) is 0.814. The Balaban J connectivity index is 2.48.